The van der Waals surface area contributed by atoms with Crippen LogP contribution >= 0.6 is 23.1 Å². The molecule has 1 aromatic heterocycles. The maximum Gasteiger partial charge on any atom is 0.316 e. The number of ether oxygens (including phenoxy) is 2. The van der Waals surface area contributed by atoms with Crippen LogP contribution in [0.4, 0.5) is 5.69 Å². The van der Waals surface area contributed by atoms with Gasteiger partial charge in [-0.2, -0.15) is 0 Å². The van der Waals surface area contributed by atoms with E-state index in [1.54, 1.807) is 24.3 Å². The third-order valence-corrected chi connectivity index (χ3v) is 6.26. The van der Waals surface area contributed by atoms with E-state index in [-0.39, 0.29) is 18.2 Å². The number of amides is 2. The van der Waals surface area contributed by atoms with Gasteiger partial charge in [0.05, 0.1) is 29.6 Å². The smallest absolute Gasteiger partial charge is 0.316 e. The van der Waals surface area contributed by atoms with Crippen LogP contribution in [-0.4, -0.2) is 60.7 Å². The number of para-hydroxylation sites is 1. The quantitative estimate of drug-likeness (QED) is 0.388. The van der Waals surface area contributed by atoms with E-state index in [4.69, 9.17) is 9.47 Å². The number of nitrogens with one attached hydrogen (secondary N) is 1. The van der Waals surface area contributed by atoms with Gasteiger partial charge < -0.3 is 19.7 Å². The lowest BCUT2D eigenvalue weighted by Gasteiger charge is -2.17. The van der Waals surface area contributed by atoms with Crippen molar-refractivity contribution in [1.82, 2.24) is 9.88 Å². The number of thioether (sulfide) groups is 1. The van der Waals surface area contributed by atoms with Crippen LogP contribution in [0.3, 0.4) is 0 Å². The first-order valence-corrected chi connectivity index (χ1v) is 11.1. The maximum absolute atomic E-state index is 12.2. The first-order chi connectivity index (χ1) is 14.9. The maximum atomic E-state index is 12.2. The van der Waals surface area contributed by atoms with Gasteiger partial charge in [-0.3, -0.25) is 14.4 Å². The predicted molar refractivity (Wildman–Crippen MR) is 121 cm³/mol. The molecule has 1 heterocycles. The molecule has 0 aliphatic rings. The summed E-state index contributed by atoms with van der Waals surface area (Å²) >= 11 is 2.76. The molecule has 0 atom stereocenters. The van der Waals surface area contributed by atoms with E-state index < -0.39 is 18.5 Å². The van der Waals surface area contributed by atoms with E-state index in [9.17, 15) is 14.4 Å². The van der Waals surface area contributed by atoms with E-state index in [2.05, 4.69) is 10.3 Å². The summed E-state index contributed by atoms with van der Waals surface area (Å²) in [4.78, 5) is 41.9. The Labute approximate surface area is 187 Å². The lowest BCUT2D eigenvalue weighted by Crippen LogP contribution is -2.37. The lowest BCUT2D eigenvalue weighted by molar-refractivity contribution is -0.149. The minimum Gasteiger partial charge on any atom is -0.497 e. The molecule has 3 rings (SSSR count). The molecule has 0 aliphatic carbocycles. The number of thiazole rings is 1. The SMILES string of the molecule is COc1cccc(NC(=O)CN(C)C(=O)COC(=O)CSc2nc3ccccc3s2)c1. The zero-order chi connectivity index (χ0) is 22.2. The molecule has 0 spiro atoms. The number of esters is 1. The van der Waals surface area contributed by atoms with Gasteiger partial charge in [0.2, 0.25) is 5.91 Å². The zero-order valence-corrected chi connectivity index (χ0v) is 18.6. The second-order valence-corrected chi connectivity index (χ2v) is 8.68. The number of fused-ring (bicyclic) bond motifs is 1. The fourth-order valence-electron chi connectivity index (χ4n) is 2.53. The molecule has 0 aliphatic heterocycles. The van der Waals surface area contributed by atoms with Crippen LogP contribution in [0, 0.1) is 0 Å². The number of nitrogens with zero attached hydrogens (tertiary/aromatic N) is 2. The number of rotatable bonds is 9. The van der Waals surface area contributed by atoms with Crippen molar-refractivity contribution in [3.05, 3.63) is 48.5 Å². The summed E-state index contributed by atoms with van der Waals surface area (Å²) in [7, 11) is 3.00. The van der Waals surface area contributed by atoms with Crippen LogP contribution in [-0.2, 0) is 19.1 Å². The number of aromatic nitrogens is 1. The number of carbonyl (C=O) groups excluding carboxylic acids is 3. The molecule has 3 aromatic rings. The standard InChI is InChI=1S/C21H21N3O5S2/c1-24(11-18(25)22-14-6-5-7-15(10-14)28-2)19(26)12-29-20(27)13-30-21-23-16-8-3-4-9-17(16)31-21/h3-10H,11-13H2,1-2H3,(H,22,25). The fourth-order valence-corrected chi connectivity index (χ4v) is 4.40. The van der Waals surface area contributed by atoms with Gasteiger partial charge in [0.1, 0.15) is 5.75 Å². The minimum atomic E-state index is -0.521. The van der Waals surface area contributed by atoms with E-state index in [0.717, 1.165) is 14.6 Å². The number of hydrogen-bond donors (Lipinski definition) is 1. The van der Waals surface area contributed by atoms with Crippen LogP contribution in [0.15, 0.2) is 52.9 Å². The number of benzene rings is 2. The van der Waals surface area contributed by atoms with Gasteiger partial charge in [-0.15, -0.1) is 11.3 Å². The summed E-state index contributed by atoms with van der Waals surface area (Å²) in [5.41, 5.74) is 1.44. The van der Waals surface area contributed by atoms with Crippen LogP contribution in [0.25, 0.3) is 10.2 Å². The Kier molecular flexibility index (Phi) is 7.85. The van der Waals surface area contributed by atoms with E-state index in [1.807, 2.05) is 24.3 Å². The molecule has 162 valence electrons. The van der Waals surface area contributed by atoms with E-state index in [0.29, 0.717) is 11.4 Å². The molecule has 10 heteroatoms. The molecule has 8 nitrogen and oxygen atoms in total. The minimum absolute atomic E-state index is 0.0488. The summed E-state index contributed by atoms with van der Waals surface area (Å²) in [5.74, 6) is -0.710. The number of methoxy groups -OCH3 is 1. The van der Waals surface area contributed by atoms with Gasteiger partial charge in [-0.1, -0.05) is 30.0 Å². The van der Waals surface area contributed by atoms with Crippen molar-refractivity contribution >= 4 is 56.8 Å². The van der Waals surface area contributed by atoms with Crippen molar-refractivity contribution in [3.63, 3.8) is 0 Å². The largest absolute Gasteiger partial charge is 0.497 e. The Bertz CT molecular complexity index is 1050. The summed E-state index contributed by atoms with van der Waals surface area (Å²) in [6, 6.07) is 14.6. The van der Waals surface area contributed by atoms with E-state index in [1.165, 1.54) is 42.2 Å². The topological polar surface area (TPSA) is 97.8 Å². The highest BCUT2D eigenvalue weighted by molar-refractivity contribution is 8.01. The van der Waals surface area contributed by atoms with Crippen LogP contribution in [0.2, 0.25) is 0 Å². The first kappa shape index (κ1) is 22.6. The number of anilines is 1. The lowest BCUT2D eigenvalue weighted by atomic mass is 10.3. The number of likely N-dealkylation sites (N-methyl/N-ethyl adjacent to an activating group) is 1. The van der Waals surface area contributed by atoms with Gasteiger partial charge in [0.15, 0.2) is 10.9 Å². The fraction of sp³-hybridized carbons (Fsp3) is 0.238. The Morgan fingerprint density at radius 2 is 1.97 bits per heavy atom. The molecule has 0 radical (unpaired) electrons. The summed E-state index contributed by atoms with van der Waals surface area (Å²) < 4.78 is 11.9. The third kappa shape index (κ3) is 6.69. The molecule has 0 saturated carbocycles. The molecule has 0 fully saturated rings. The molecule has 0 saturated heterocycles. The van der Waals surface area contributed by atoms with Crippen molar-refractivity contribution in [1.29, 1.82) is 0 Å². The van der Waals surface area contributed by atoms with Gasteiger partial charge in [-0.25, -0.2) is 4.98 Å². The molecule has 2 amide bonds. The van der Waals surface area contributed by atoms with Crippen molar-refractivity contribution in [2.45, 2.75) is 4.34 Å². The van der Waals surface area contributed by atoms with Crippen LogP contribution in [0.1, 0.15) is 0 Å². The highest BCUT2D eigenvalue weighted by atomic mass is 32.2. The summed E-state index contributed by atoms with van der Waals surface area (Å²) in [6.45, 7) is -0.601. The molecule has 0 bridgehead atoms. The van der Waals surface area contributed by atoms with Gasteiger partial charge in [-0.05, 0) is 24.3 Å². The zero-order valence-electron chi connectivity index (χ0n) is 17.0. The summed E-state index contributed by atoms with van der Waals surface area (Å²) in [6.07, 6.45) is 0. The Morgan fingerprint density at radius 1 is 1.16 bits per heavy atom. The molecule has 1 N–H and O–H groups in total. The molecule has 2 aromatic carbocycles. The van der Waals surface area contributed by atoms with Gasteiger partial charge >= 0.3 is 5.97 Å². The molecule has 31 heavy (non-hydrogen) atoms. The highest BCUT2D eigenvalue weighted by Crippen LogP contribution is 2.29. The first-order valence-electron chi connectivity index (χ1n) is 9.26. The Hall–Kier alpha value is -3.11. The summed E-state index contributed by atoms with van der Waals surface area (Å²) in [5, 5.41) is 2.69. The van der Waals surface area contributed by atoms with Crippen LogP contribution < -0.4 is 10.1 Å². The van der Waals surface area contributed by atoms with Crippen LogP contribution in [0.5, 0.6) is 5.75 Å². The Morgan fingerprint density at radius 3 is 2.74 bits per heavy atom. The van der Waals surface area contributed by atoms with Crippen molar-refractivity contribution in [2.24, 2.45) is 0 Å². The monoisotopic (exact) mass is 459 g/mol. The molecular formula is C21H21N3O5S2. The third-order valence-electron chi connectivity index (χ3n) is 4.10. The van der Waals surface area contributed by atoms with E-state index >= 15 is 0 Å². The van der Waals surface area contributed by atoms with Gasteiger partial charge in [0, 0.05) is 18.8 Å². The number of carbonyl (C=O) groups is 3. The highest BCUT2D eigenvalue weighted by Gasteiger charge is 2.16. The molecular weight excluding hydrogens is 438 g/mol. The average Bonchev–Trinajstić information content (AvgIpc) is 3.19. The second kappa shape index (κ2) is 10.8. The Balaban J connectivity index is 1.39. The van der Waals surface area contributed by atoms with Gasteiger partial charge in [0.25, 0.3) is 5.91 Å². The predicted octanol–water partition coefficient (Wildman–Crippen LogP) is 3.04. The van der Waals surface area contributed by atoms with Crippen molar-refractivity contribution in [2.75, 3.05) is 38.4 Å². The molecule has 0 unspecified atom stereocenters. The normalized spacial score (nSPS) is 10.5. The second-order valence-electron chi connectivity index (χ2n) is 6.43. The van der Waals surface area contributed by atoms with Crippen molar-refractivity contribution < 1.29 is 23.9 Å². The van der Waals surface area contributed by atoms with Crippen molar-refractivity contribution in [3.8, 4) is 5.75 Å². The average molecular weight is 460 g/mol. The number of hydrogen-bond acceptors (Lipinski definition) is 8.